The summed E-state index contributed by atoms with van der Waals surface area (Å²) in [6.07, 6.45) is 0.403. The first kappa shape index (κ1) is 21.1. The Morgan fingerprint density at radius 3 is 2.30 bits per heavy atom. The number of anilines is 1. The van der Waals surface area contributed by atoms with E-state index in [9.17, 15) is 9.59 Å². The summed E-state index contributed by atoms with van der Waals surface area (Å²) in [5.74, 6) is 0.458. The third kappa shape index (κ3) is 6.15. The second-order valence-electron chi connectivity index (χ2n) is 8.51. The molecule has 1 unspecified atom stereocenters. The zero-order valence-corrected chi connectivity index (χ0v) is 17.4. The minimum absolute atomic E-state index is 0.0485. The molecule has 1 N–H and O–H groups in total. The first-order chi connectivity index (χ1) is 12.6. The number of benzene rings is 1. The average Bonchev–Trinajstić information content (AvgIpc) is 2.75. The van der Waals surface area contributed by atoms with Crippen molar-refractivity contribution in [3.8, 4) is 0 Å². The van der Waals surface area contributed by atoms with Gasteiger partial charge in [-0.2, -0.15) is 0 Å². The zero-order chi connectivity index (χ0) is 20.2. The Morgan fingerprint density at radius 1 is 1.11 bits per heavy atom. The minimum atomic E-state index is -0.520. The molecule has 1 aromatic rings. The van der Waals surface area contributed by atoms with Crippen molar-refractivity contribution in [2.45, 2.75) is 65.5 Å². The van der Waals surface area contributed by atoms with Gasteiger partial charge in [0.15, 0.2) is 0 Å². The molecule has 1 saturated heterocycles. The molecule has 0 spiro atoms. The van der Waals surface area contributed by atoms with Crippen LogP contribution in [0.2, 0.25) is 0 Å². The number of nitrogens with zero attached hydrogens (tertiary/aromatic N) is 2. The topological polar surface area (TPSA) is 61.9 Å². The number of hydrogen-bond acceptors (Lipinski definition) is 3. The van der Waals surface area contributed by atoms with E-state index in [1.807, 2.05) is 52.0 Å². The third-order valence-corrected chi connectivity index (χ3v) is 4.70. The quantitative estimate of drug-likeness (QED) is 0.817. The maximum atomic E-state index is 12.7. The van der Waals surface area contributed by atoms with Gasteiger partial charge in [0.05, 0.1) is 0 Å². The van der Waals surface area contributed by atoms with E-state index < -0.39 is 5.60 Å². The minimum Gasteiger partial charge on any atom is -0.444 e. The van der Waals surface area contributed by atoms with Crippen LogP contribution < -0.4 is 5.32 Å². The molecule has 1 fully saturated rings. The number of ether oxygens (including phenoxy) is 1. The molecule has 0 radical (unpaired) electrons. The molecule has 1 aliphatic rings. The number of hydrogen-bond donors (Lipinski definition) is 1. The number of carbonyl (C=O) groups is 2. The smallest absolute Gasteiger partial charge is 0.410 e. The molecular formula is C21H33N3O3. The molecule has 0 saturated carbocycles. The summed E-state index contributed by atoms with van der Waals surface area (Å²) in [5.41, 5.74) is 1.50. The molecule has 0 aromatic heterocycles. The number of nitrogens with one attached hydrogen (secondary N) is 1. The van der Waals surface area contributed by atoms with Crippen LogP contribution in [0.25, 0.3) is 0 Å². The molecule has 0 bridgehead atoms. The van der Waals surface area contributed by atoms with Gasteiger partial charge >= 0.3 is 12.1 Å². The lowest BCUT2D eigenvalue weighted by Crippen LogP contribution is -2.43. The van der Waals surface area contributed by atoms with E-state index in [0.717, 1.165) is 12.1 Å². The van der Waals surface area contributed by atoms with Gasteiger partial charge < -0.3 is 19.9 Å². The van der Waals surface area contributed by atoms with Crippen LogP contribution in [-0.4, -0.2) is 53.2 Å². The summed E-state index contributed by atoms with van der Waals surface area (Å²) < 4.78 is 5.46. The SMILES string of the molecule is CC(C)c1ccc(NC(=O)N2CCN(C(=O)OC(C)(C)C)CCC2C)cc1. The number of urea groups is 1. The second kappa shape index (κ2) is 8.63. The average molecular weight is 376 g/mol. The molecule has 1 heterocycles. The van der Waals surface area contributed by atoms with Crippen LogP contribution in [0.5, 0.6) is 0 Å². The van der Waals surface area contributed by atoms with Gasteiger partial charge in [-0.05, 0) is 57.7 Å². The predicted octanol–water partition coefficient (Wildman–Crippen LogP) is 4.67. The number of carbonyl (C=O) groups excluding carboxylic acids is 2. The molecule has 6 heteroatoms. The Bertz CT molecular complexity index is 650. The van der Waals surface area contributed by atoms with Crippen molar-refractivity contribution in [3.05, 3.63) is 29.8 Å². The third-order valence-electron chi connectivity index (χ3n) is 4.70. The van der Waals surface area contributed by atoms with E-state index in [0.29, 0.717) is 25.6 Å². The van der Waals surface area contributed by atoms with E-state index >= 15 is 0 Å². The van der Waals surface area contributed by atoms with Gasteiger partial charge in [0.2, 0.25) is 0 Å². The lowest BCUT2D eigenvalue weighted by Gasteiger charge is -2.27. The molecule has 1 aromatic carbocycles. The summed E-state index contributed by atoms with van der Waals surface area (Å²) in [4.78, 5) is 28.5. The van der Waals surface area contributed by atoms with Crippen molar-refractivity contribution in [2.24, 2.45) is 0 Å². The van der Waals surface area contributed by atoms with Gasteiger partial charge in [-0.25, -0.2) is 9.59 Å². The lowest BCUT2D eigenvalue weighted by atomic mass is 10.0. The standard InChI is InChI=1S/C21H33N3O3/c1-15(2)17-7-9-18(10-8-17)22-19(25)24-14-13-23(12-11-16(24)3)20(26)27-21(4,5)6/h7-10,15-16H,11-14H2,1-6H3,(H,22,25). The van der Waals surface area contributed by atoms with Gasteiger partial charge in [-0.3, -0.25) is 0 Å². The maximum absolute atomic E-state index is 12.7. The summed E-state index contributed by atoms with van der Waals surface area (Å²) in [5, 5.41) is 2.97. The summed E-state index contributed by atoms with van der Waals surface area (Å²) >= 11 is 0. The molecular weight excluding hydrogens is 342 g/mol. The second-order valence-corrected chi connectivity index (χ2v) is 8.51. The highest BCUT2D eigenvalue weighted by Crippen LogP contribution is 2.19. The van der Waals surface area contributed by atoms with Crippen molar-refractivity contribution >= 4 is 17.8 Å². The maximum Gasteiger partial charge on any atom is 0.410 e. The number of rotatable bonds is 2. The van der Waals surface area contributed by atoms with E-state index in [-0.39, 0.29) is 18.2 Å². The Hall–Kier alpha value is -2.24. The summed E-state index contributed by atoms with van der Waals surface area (Å²) in [6.45, 7) is 13.4. The van der Waals surface area contributed by atoms with E-state index in [4.69, 9.17) is 4.74 Å². The normalized spacial score (nSPS) is 18.3. The molecule has 0 aliphatic carbocycles. The highest BCUT2D eigenvalue weighted by Gasteiger charge is 2.29. The van der Waals surface area contributed by atoms with Crippen molar-refractivity contribution < 1.29 is 14.3 Å². The van der Waals surface area contributed by atoms with Gasteiger partial charge in [-0.15, -0.1) is 0 Å². The Morgan fingerprint density at radius 2 is 1.74 bits per heavy atom. The Labute approximate surface area is 162 Å². The predicted molar refractivity (Wildman–Crippen MR) is 108 cm³/mol. The van der Waals surface area contributed by atoms with Crippen molar-refractivity contribution in [1.29, 1.82) is 0 Å². The fourth-order valence-electron chi connectivity index (χ4n) is 3.02. The molecule has 6 nitrogen and oxygen atoms in total. The highest BCUT2D eigenvalue weighted by molar-refractivity contribution is 5.89. The van der Waals surface area contributed by atoms with Gasteiger partial charge in [0.25, 0.3) is 0 Å². The molecule has 1 aliphatic heterocycles. The molecule has 2 rings (SSSR count). The fraction of sp³-hybridized carbons (Fsp3) is 0.619. The van der Waals surface area contributed by atoms with Gasteiger partial charge in [-0.1, -0.05) is 26.0 Å². The van der Waals surface area contributed by atoms with E-state index in [1.54, 1.807) is 9.80 Å². The molecule has 1 atom stereocenters. The van der Waals surface area contributed by atoms with Crippen LogP contribution in [0.4, 0.5) is 15.3 Å². The summed E-state index contributed by atoms with van der Waals surface area (Å²) in [7, 11) is 0. The van der Waals surface area contributed by atoms with Crippen LogP contribution >= 0.6 is 0 Å². The van der Waals surface area contributed by atoms with E-state index in [1.165, 1.54) is 5.56 Å². The van der Waals surface area contributed by atoms with Crippen molar-refractivity contribution in [2.75, 3.05) is 25.0 Å². The van der Waals surface area contributed by atoms with Crippen LogP contribution in [-0.2, 0) is 4.74 Å². The molecule has 150 valence electrons. The first-order valence-corrected chi connectivity index (χ1v) is 9.72. The van der Waals surface area contributed by atoms with Crippen molar-refractivity contribution in [3.63, 3.8) is 0 Å². The Balaban J connectivity index is 1.97. The highest BCUT2D eigenvalue weighted by atomic mass is 16.6. The summed E-state index contributed by atoms with van der Waals surface area (Å²) in [6, 6.07) is 7.86. The molecule has 27 heavy (non-hydrogen) atoms. The molecule has 3 amide bonds. The Kier molecular flexibility index (Phi) is 6.73. The zero-order valence-electron chi connectivity index (χ0n) is 17.4. The van der Waals surface area contributed by atoms with Crippen LogP contribution in [0.1, 0.15) is 59.4 Å². The monoisotopic (exact) mass is 375 g/mol. The van der Waals surface area contributed by atoms with Crippen LogP contribution in [0.15, 0.2) is 24.3 Å². The number of amides is 3. The first-order valence-electron chi connectivity index (χ1n) is 9.72. The fourth-order valence-corrected chi connectivity index (χ4v) is 3.02. The van der Waals surface area contributed by atoms with Gasteiger partial charge in [0, 0.05) is 31.4 Å². The van der Waals surface area contributed by atoms with Crippen molar-refractivity contribution in [1.82, 2.24) is 9.80 Å². The lowest BCUT2D eigenvalue weighted by molar-refractivity contribution is 0.0259. The van der Waals surface area contributed by atoms with Crippen LogP contribution in [0.3, 0.4) is 0 Å². The van der Waals surface area contributed by atoms with E-state index in [2.05, 4.69) is 19.2 Å². The van der Waals surface area contributed by atoms with Crippen LogP contribution in [0, 0.1) is 0 Å². The van der Waals surface area contributed by atoms with Gasteiger partial charge in [0.1, 0.15) is 5.60 Å². The largest absolute Gasteiger partial charge is 0.444 e.